The monoisotopic (exact) mass is 315 g/mol. The van der Waals surface area contributed by atoms with Gasteiger partial charge in [0.05, 0.1) is 22.6 Å². The highest BCUT2D eigenvalue weighted by Crippen LogP contribution is 2.28. The van der Waals surface area contributed by atoms with E-state index in [9.17, 15) is 4.79 Å². The third-order valence-electron chi connectivity index (χ3n) is 3.63. The molecule has 1 aromatic rings. The molecule has 20 heavy (non-hydrogen) atoms. The molecule has 1 fully saturated rings. The molecule has 1 aliphatic rings. The number of benzene rings is 1. The molecule has 2 rings (SSSR count). The van der Waals surface area contributed by atoms with Gasteiger partial charge in [-0.3, -0.25) is 9.69 Å². The molecule has 0 saturated carbocycles. The number of hydrogen-bond donors (Lipinski definition) is 0. The summed E-state index contributed by atoms with van der Waals surface area (Å²) < 4.78 is 5.07. The van der Waals surface area contributed by atoms with Gasteiger partial charge in [0.25, 0.3) is 0 Å². The molecule has 0 radical (unpaired) electrons. The topological polar surface area (TPSA) is 29.5 Å². The number of ether oxygens (including phenoxy) is 1. The molecule has 1 aliphatic heterocycles. The minimum atomic E-state index is -0.0621. The number of piperidine rings is 1. The van der Waals surface area contributed by atoms with E-state index in [1.807, 2.05) is 19.1 Å². The maximum absolute atomic E-state index is 11.7. The summed E-state index contributed by atoms with van der Waals surface area (Å²) in [4.78, 5) is 14.0. The Morgan fingerprint density at radius 1 is 1.35 bits per heavy atom. The first-order valence-electron chi connectivity index (χ1n) is 6.93. The summed E-state index contributed by atoms with van der Waals surface area (Å²) in [5.41, 5.74) is 1.04. The summed E-state index contributed by atoms with van der Waals surface area (Å²) in [5, 5.41) is 1.22. The zero-order valence-corrected chi connectivity index (χ0v) is 13.1. The van der Waals surface area contributed by atoms with E-state index in [1.54, 1.807) is 6.07 Å². The fourth-order valence-electron chi connectivity index (χ4n) is 2.50. The first-order valence-corrected chi connectivity index (χ1v) is 7.69. The highest BCUT2D eigenvalue weighted by atomic mass is 35.5. The van der Waals surface area contributed by atoms with Crippen LogP contribution in [0.3, 0.4) is 0 Å². The van der Waals surface area contributed by atoms with Crippen molar-refractivity contribution in [2.24, 2.45) is 5.92 Å². The lowest BCUT2D eigenvalue weighted by Gasteiger charge is -2.31. The summed E-state index contributed by atoms with van der Waals surface area (Å²) in [6.45, 7) is 4.83. The van der Waals surface area contributed by atoms with Gasteiger partial charge >= 0.3 is 5.97 Å². The third kappa shape index (κ3) is 3.87. The van der Waals surface area contributed by atoms with E-state index in [1.165, 1.54) is 0 Å². The molecular formula is C15H19Cl2NO2. The maximum Gasteiger partial charge on any atom is 0.309 e. The van der Waals surface area contributed by atoms with Gasteiger partial charge in [-0.25, -0.2) is 0 Å². The average molecular weight is 316 g/mol. The number of esters is 1. The fourth-order valence-corrected chi connectivity index (χ4v) is 2.88. The predicted octanol–water partition coefficient (Wildman–Crippen LogP) is 3.77. The molecule has 0 N–H and O–H groups in total. The number of nitrogens with zero attached hydrogens (tertiary/aromatic N) is 1. The van der Waals surface area contributed by atoms with Crippen LogP contribution >= 0.6 is 23.2 Å². The molecule has 3 nitrogen and oxygen atoms in total. The van der Waals surface area contributed by atoms with E-state index in [-0.39, 0.29) is 11.9 Å². The van der Waals surface area contributed by atoms with Gasteiger partial charge in [0.1, 0.15) is 0 Å². The molecule has 1 saturated heterocycles. The SMILES string of the molecule is CCOC(=O)C1CCN(Cc2cccc(Cl)c2Cl)CC1. The Kier molecular flexibility index (Phi) is 5.70. The first kappa shape index (κ1) is 15.6. The van der Waals surface area contributed by atoms with Crippen LogP contribution in [0.1, 0.15) is 25.3 Å². The Hall–Kier alpha value is -0.770. The predicted molar refractivity (Wildman–Crippen MR) is 81.1 cm³/mol. The van der Waals surface area contributed by atoms with Gasteiger partial charge in [-0.15, -0.1) is 0 Å². The molecule has 0 aromatic heterocycles. The van der Waals surface area contributed by atoms with Gasteiger partial charge in [0, 0.05) is 6.54 Å². The molecule has 1 aromatic carbocycles. The third-order valence-corrected chi connectivity index (χ3v) is 4.49. The highest BCUT2D eigenvalue weighted by Gasteiger charge is 2.26. The van der Waals surface area contributed by atoms with Crippen LogP contribution in [0.15, 0.2) is 18.2 Å². The van der Waals surface area contributed by atoms with Crippen LogP contribution in [0.2, 0.25) is 10.0 Å². The van der Waals surface area contributed by atoms with Crippen molar-refractivity contribution >= 4 is 29.2 Å². The number of hydrogen-bond acceptors (Lipinski definition) is 3. The number of halogens is 2. The van der Waals surface area contributed by atoms with Crippen LogP contribution in [0.5, 0.6) is 0 Å². The molecule has 0 amide bonds. The zero-order valence-electron chi connectivity index (χ0n) is 11.6. The van der Waals surface area contributed by atoms with E-state index in [2.05, 4.69) is 4.90 Å². The van der Waals surface area contributed by atoms with Crippen molar-refractivity contribution < 1.29 is 9.53 Å². The molecule has 5 heteroatoms. The summed E-state index contributed by atoms with van der Waals surface area (Å²) in [7, 11) is 0. The second-order valence-corrected chi connectivity index (χ2v) is 5.80. The standard InChI is InChI=1S/C15H19Cl2NO2/c1-2-20-15(19)11-6-8-18(9-7-11)10-12-4-3-5-13(16)14(12)17/h3-5,11H,2,6-10H2,1H3. The second-order valence-electron chi connectivity index (χ2n) is 5.02. The summed E-state index contributed by atoms with van der Waals surface area (Å²) >= 11 is 12.2. The van der Waals surface area contributed by atoms with Gasteiger partial charge < -0.3 is 4.74 Å². The minimum Gasteiger partial charge on any atom is -0.466 e. The number of rotatable bonds is 4. The summed E-state index contributed by atoms with van der Waals surface area (Å²) in [6, 6.07) is 5.70. The lowest BCUT2D eigenvalue weighted by Crippen LogP contribution is -2.36. The molecule has 0 unspecified atom stereocenters. The lowest BCUT2D eigenvalue weighted by molar-refractivity contribution is -0.149. The van der Waals surface area contributed by atoms with Gasteiger partial charge in [-0.2, -0.15) is 0 Å². The lowest BCUT2D eigenvalue weighted by atomic mass is 9.96. The summed E-state index contributed by atoms with van der Waals surface area (Å²) in [5.74, 6) is -0.0195. The van der Waals surface area contributed by atoms with Crippen LogP contribution in [-0.4, -0.2) is 30.6 Å². The minimum absolute atomic E-state index is 0.0426. The number of likely N-dealkylation sites (tertiary alicyclic amines) is 1. The Morgan fingerprint density at radius 2 is 2.05 bits per heavy atom. The molecule has 0 atom stereocenters. The van der Waals surface area contributed by atoms with E-state index in [0.29, 0.717) is 16.7 Å². The molecule has 0 aliphatic carbocycles. The van der Waals surface area contributed by atoms with Gasteiger partial charge in [-0.05, 0) is 44.5 Å². The summed E-state index contributed by atoms with van der Waals surface area (Å²) in [6.07, 6.45) is 1.69. The van der Waals surface area contributed by atoms with E-state index in [0.717, 1.165) is 38.0 Å². The van der Waals surface area contributed by atoms with Crippen molar-refractivity contribution in [3.05, 3.63) is 33.8 Å². The van der Waals surface area contributed by atoms with Crippen LogP contribution in [0.4, 0.5) is 0 Å². The van der Waals surface area contributed by atoms with E-state index < -0.39 is 0 Å². The molecule has 110 valence electrons. The Balaban J connectivity index is 1.88. The van der Waals surface area contributed by atoms with Crippen molar-refractivity contribution in [1.29, 1.82) is 0 Å². The van der Waals surface area contributed by atoms with Gasteiger partial charge in [0.15, 0.2) is 0 Å². The first-order chi connectivity index (χ1) is 9.61. The molecular weight excluding hydrogens is 297 g/mol. The second kappa shape index (κ2) is 7.30. The van der Waals surface area contributed by atoms with Crippen molar-refractivity contribution in [3.63, 3.8) is 0 Å². The quantitative estimate of drug-likeness (QED) is 0.792. The van der Waals surface area contributed by atoms with Crippen LogP contribution < -0.4 is 0 Å². The van der Waals surface area contributed by atoms with Crippen molar-refractivity contribution in [2.75, 3.05) is 19.7 Å². The van der Waals surface area contributed by atoms with Crippen LogP contribution in [-0.2, 0) is 16.1 Å². The molecule has 0 spiro atoms. The van der Waals surface area contributed by atoms with Gasteiger partial charge in [-0.1, -0.05) is 35.3 Å². The Bertz CT molecular complexity index is 471. The zero-order chi connectivity index (χ0) is 14.5. The van der Waals surface area contributed by atoms with Crippen molar-refractivity contribution in [2.45, 2.75) is 26.3 Å². The van der Waals surface area contributed by atoms with E-state index >= 15 is 0 Å². The largest absolute Gasteiger partial charge is 0.466 e. The maximum atomic E-state index is 11.7. The molecule has 0 bridgehead atoms. The normalized spacial score (nSPS) is 17.1. The average Bonchev–Trinajstić information content (AvgIpc) is 2.45. The Labute approximate surface area is 129 Å². The van der Waals surface area contributed by atoms with Gasteiger partial charge in [0.2, 0.25) is 0 Å². The fraction of sp³-hybridized carbons (Fsp3) is 0.533. The molecule has 1 heterocycles. The van der Waals surface area contributed by atoms with Crippen LogP contribution in [0, 0.1) is 5.92 Å². The van der Waals surface area contributed by atoms with E-state index in [4.69, 9.17) is 27.9 Å². The van der Waals surface area contributed by atoms with Crippen molar-refractivity contribution in [3.8, 4) is 0 Å². The Morgan fingerprint density at radius 3 is 2.70 bits per heavy atom. The number of carbonyl (C=O) groups is 1. The number of carbonyl (C=O) groups excluding carboxylic acids is 1. The smallest absolute Gasteiger partial charge is 0.309 e. The van der Waals surface area contributed by atoms with Crippen LogP contribution in [0.25, 0.3) is 0 Å². The highest BCUT2D eigenvalue weighted by molar-refractivity contribution is 6.42. The van der Waals surface area contributed by atoms with Crippen molar-refractivity contribution in [1.82, 2.24) is 4.90 Å².